The molecule has 1 aliphatic rings. The van der Waals surface area contributed by atoms with Crippen LogP contribution in [-0.2, 0) is 0 Å². The topological polar surface area (TPSA) is 114 Å². The lowest BCUT2D eigenvalue weighted by Gasteiger charge is -2.26. The van der Waals surface area contributed by atoms with Gasteiger partial charge < -0.3 is 20.7 Å². The minimum atomic E-state index is -0.932. The van der Waals surface area contributed by atoms with E-state index >= 15 is 0 Å². The first-order chi connectivity index (χ1) is 7.93. The number of nitrogens with two attached hydrogens (primary N) is 1. The molecule has 1 atom stereocenters. The third kappa shape index (κ3) is 1.55. The van der Waals surface area contributed by atoms with Crippen LogP contribution in [-0.4, -0.2) is 28.0 Å². The van der Waals surface area contributed by atoms with Crippen LogP contribution in [0.4, 0.5) is 0 Å². The zero-order chi connectivity index (χ0) is 12.7. The quantitative estimate of drug-likeness (QED) is 0.578. The number of hydrogen-bond acceptors (Lipinski definition) is 4. The van der Waals surface area contributed by atoms with E-state index in [2.05, 4.69) is 5.32 Å². The molecule has 1 aromatic heterocycles. The Balaban J connectivity index is 2.80. The van der Waals surface area contributed by atoms with Crippen LogP contribution in [0.25, 0.3) is 0 Å². The van der Waals surface area contributed by atoms with Crippen molar-refractivity contribution in [3.8, 4) is 5.75 Å². The monoisotopic (exact) mass is 237 g/mol. The summed E-state index contributed by atoms with van der Waals surface area (Å²) in [6.07, 6.45) is 1.21. The highest BCUT2D eigenvalue weighted by molar-refractivity contribution is 5.98. The van der Waals surface area contributed by atoms with Crippen molar-refractivity contribution in [1.29, 1.82) is 0 Å². The Hall–Kier alpha value is -2.31. The molecule has 1 unspecified atom stereocenters. The number of aromatic hydroxyl groups is 1. The maximum atomic E-state index is 11.6. The Morgan fingerprint density at radius 3 is 2.82 bits per heavy atom. The summed E-state index contributed by atoms with van der Waals surface area (Å²) in [5, 5.41) is 12.2. The number of aromatic nitrogens is 1. The fourth-order valence-electron chi connectivity index (χ4n) is 1.79. The lowest BCUT2D eigenvalue weighted by Crippen LogP contribution is -2.40. The predicted octanol–water partition coefficient (Wildman–Crippen LogP) is -1.04. The van der Waals surface area contributed by atoms with E-state index in [1.807, 2.05) is 0 Å². The highest BCUT2D eigenvalue weighted by atomic mass is 16.3. The Bertz CT molecular complexity index is 576. The molecule has 0 bridgehead atoms. The minimum absolute atomic E-state index is 0.140. The maximum absolute atomic E-state index is 11.6. The number of carbonyl (C=O) groups is 2. The van der Waals surface area contributed by atoms with Gasteiger partial charge in [0.25, 0.3) is 11.8 Å². The molecule has 1 aliphatic heterocycles. The summed E-state index contributed by atoms with van der Waals surface area (Å²) >= 11 is 0. The smallest absolute Gasteiger partial charge is 0.272 e. The largest absolute Gasteiger partial charge is 0.503 e. The third-order valence-electron chi connectivity index (χ3n) is 2.72. The van der Waals surface area contributed by atoms with Gasteiger partial charge in [0.2, 0.25) is 5.43 Å². The fourth-order valence-corrected chi connectivity index (χ4v) is 1.79. The van der Waals surface area contributed by atoms with Gasteiger partial charge in [-0.3, -0.25) is 14.4 Å². The summed E-state index contributed by atoms with van der Waals surface area (Å²) in [4.78, 5) is 34.2. The van der Waals surface area contributed by atoms with Gasteiger partial charge in [0.05, 0.1) is 0 Å². The van der Waals surface area contributed by atoms with E-state index in [4.69, 9.17) is 5.73 Å². The standard InChI is InChI=1S/C10H11N3O4/c1-4-2-12-10(17)6-8(15)7(14)5(9(11)16)3-13(4)6/h3-4,15H,2H2,1H3,(H2,11,16)(H,12,17). The zero-order valence-electron chi connectivity index (χ0n) is 9.06. The van der Waals surface area contributed by atoms with Crippen molar-refractivity contribution in [3.05, 3.63) is 27.7 Å². The lowest BCUT2D eigenvalue weighted by molar-refractivity contribution is 0.0907. The molecule has 17 heavy (non-hydrogen) atoms. The number of primary amides is 1. The predicted molar refractivity (Wildman–Crippen MR) is 57.9 cm³/mol. The van der Waals surface area contributed by atoms with Crippen molar-refractivity contribution in [2.45, 2.75) is 13.0 Å². The molecule has 0 saturated carbocycles. The molecule has 7 nitrogen and oxygen atoms in total. The maximum Gasteiger partial charge on any atom is 0.272 e. The van der Waals surface area contributed by atoms with Crippen molar-refractivity contribution in [3.63, 3.8) is 0 Å². The van der Waals surface area contributed by atoms with Gasteiger partial charge in [-0.15, -0.1) is 0 Å². The minimum Gasteiger partial charge on any atom is -0.503 e. The third-order valence-corrected chi connectivity index (χ3v) is 2.72. The first-order valence-corrected chi connectivity index (χ1v) is 4.99. The van der Waals surface area contributed by atoms with E-state index < -0.39 is 23.0 Å². The van der Waals surface area contributed by atoms with Gasteiger partial charge in [-0.05, 0) is 6.92 Å². The van der Waals surface area contributed by atoms with Gasteiger partial charge >= 0.3 is 0 Å². The van der Waals surface area contributed by atoms with Gasteiger partial charge in [-0.25, -0.2) is 0 Å². The molecule has 2 rings (SSSR count). The first-order valence-electron chi connectivity index (χ1n) is 4.99. The molecule has 0 aromatic carbocycles. The van der Waals surface area contributed by atoms with E-state index in [9.17, 15) is 19.5 Å². The van der Waals surface area contributed by atoms with E-state index in [-0.39, 0.29) is 17.3 Å². The number of nitrogens with zero attached hydrogens (tertiary/aromatic N) is 1. The molecular weight excluding hydrogens is 226 g/mol. The van der Waals surface area contributed by atoms with E-state index in [1.165, 1.54) is 10.8 Å². The summed E-state index contributed by atoms with van der Waals surface area (Å²) in [5.41, 5.74) is 3.64. The molecule has 1 aromatic rings. The first kappa shape index (κ1) is 11.2. The summed E-state index contributed by atoms with van der Waals surface area (Å²) in [5.74, 6) is -2.22. The van der Waals surface area contributed by atoms with Gasteiger partial charge in [-0.2, -0.15) is 0 Å². The number of rotatable bonds is 1. The van der Waals surface area contributed by atoms with Crippen molar-refractivity contribution in [2.24, 2.45) is 5.73 Å². The summed E-state index contributed by atoms with van der Waals surface area (Å²) in [6.45, 7) is 2.13. The average molecular weight is 237 g/mol. The molecule has 90 valence electrons. The Labute approximate surface area is 95.8 Å². The molecule has 4 N–H and O–H groups in total. The van der Waals surface area contributed by atoms with Crippen molar-refractivity contribution >= 4 is 11.8 Å². The zero-order valence-corrected chi connectivity index (χ0v) is 9.06. The summed E-state index contributed by atoms with van der Waals surface area (Å²) in [7, 11) is 0. The Kier molecular flexibility index (Phi) is 2.38. The Morgan fingerprint density at radius 2 is 2.24 bits per heavy atom. The summed E-state index contributed by atoms with van der Waals surface area (Å²) in [6, 6.07) is -0.174. The van der Waals surface area contributed by atoms with Crippen LogP contribution in [0.3, 0.4) is 0 Å². The van der Waals surface area contributed by atoms with E-state index in [1.54, 1.807) is 6.92 Å². The van der Waals surface area contributed by atoms with Crippen molar-refractivity contribution in [1.82, 2.24) is 9.88 Å². The number of amides is 2. The molecule has 0 fully saturated rings. The van der Waals surface area contributed by atoms with Crippen molar-refractivity contribution in [2.75, 3.05) is 6.54 Å². The average Bonchev–Trinajstić information content (AvgIpc) is 2.27. The van der Waals surface area contributed by atoms with Crippen LogP contribution in [0.2, 0.25) is 0 Å². The highest BCUT2D eigenvalue weighted by Gasteiger charge is 2.28. The van der Waals surface area contributed by atoms with Crippen LogP contribution in [0.5, 0.6) is 5.75 Å². The van der Waals surface area contributed by atoms with Gasteiger partial charge in [-0.1, -0.05) is 0 Å². The second kappa shape index (κ2) is 3.62. The van der Waals surface area contributed by atoms with Crippen LogP contribution in [0, 0.1) is 0 Å². The van der Waals surface area contributed by atoms with Gasteiger partial charge in [0, 0.05) is 18.8 Å². The lowest BCUT2D eigenvalue weighted by atomic mass is 10.1. The summed E-state index contributed by atoms with van der Waals surface area (Å²) < 4.78 is 1.38. The molecule has 0 spiro atoms. The van der Waals surface area contributed by atoms with Crippen LogP contribution in [0.1, 0.15) is 33.8 Å². The van der Waals surface area contributed by atoms with Crippen LogP contribution < -0.4 is 16.5 Å². The van der Waals surface area contributed by atoms with Crippen LogP contribution in [0.15, 0.2) is 11.0 Å². The molecular formula is C10H11N3O4. The molecule has 0 radical (unpaired) electrons. The fraction of sp³-hybridized carbons (Fsp3) is 0.300. The van der Waals surface area contributed by atoms with Crippen molar-refractivity contribution < 1.29 is 14.7 Å². The molecule has 0 saturated heterocycles. The molecule has 7 heteroatoms. The number of pyridine rings is 1. The SMILES string of the molecule is CC1CNC(=O)c2c(O)c(=O)c(C(N)=O)cn21. The highest BCUT2D eigenvalue weighted by Crippen LogP contribution is 2.21. The number of hydrogen-bond donors (Lipinski definition) is 3. The Morgan fingerprint density at radius 1 is 1.59 bits per heavy atom. The second-order valence-electron chi connectivity index (χ2n) is 3.90. The molecule has 2 amide bonds. The van der Waals surface area contributed by atoms with Gasteiger partial charge in [0.15, 0.2) is 11.4 Å². The number of carbonyl (C=O) groups excluding carboxylic acids is 2. The van der Waals surface area contributed by atoms with Gasteiger partial charge in [0.1, 0.15) is 5.56 Å². The van der Waals surface area contributed by atoms with E-state index in [0.29, 0.717) is 6.54 Å². The molecule has 0 aliphatic carbocycles. The number of nitrogens with one attached hydrogen (secondary N) is 1. The van der Waals surface area contributed by atoms with Crippen LogP contribution >= 0.6 is 0 Å². The normalized spacial score (nSPS) is 18.4. The second-order valence-corrected chi connectivity index (χ2v) is 3.90. The number of fused-ring (bicyclic) bond motifs is 1. The molecule has 2 heterocycles. The van der Waals surface area contributed by atoms with E-state index in [0.717, 1.165) is 0 Å².